The van der Waals surface area contributed by atoms with E-state index < -0.39 is 29.0 Å². The second-order valence-electron chi connectivity index (χ2n) is 4.38. The normalized spacial score (nSPS) is 12.6. The molecule has 0 aliphatic rings. The zero-order valence-electron chi connectivity index (χ0n) is 10.1. The van der Waals surface area contributed by atoms with Crippen molar-refractivity contribution in [3.63, 3.8) is 0 Å². The molecular formula is C12H15F3N2O. The summed E-state index contributed by atoms with van der Waals surface area (Å²) >= 11 is 0. The minimum Gasteiger partial charge on any atom is -0.327 e. The third kappa shape index (κ3) is 3.46. The van der Waals surface area contributed by atoms with E-state index in [4.69, 9.17) is 5.73 Å². The van der Waals surface area contributed by atoms with E-state index in [0.717, 1.165) is 12.1 Å². The lowest BCUT2D eigenvalue weighted by molar-refractivity contribution is -0.116. The van der Waals surface area contributed by atoms with Crippen LogP contribution in [0, 0.1) is 23.4 Å². The lowest BCUT2D eigenvalue weighted by Crippen LogP contribution is -2.31. The summed E-state index contributed by atoms with van der Waals surface area (Å²) in [5.74, 6) is -4.78. The summed E-state index contributed by atoms with van der Waals surface area (Å²) in [6, 6.07) is 1.33. The number of hydrogen-bond acceptors (Lipinski definition) is 2. The molecule has 0 fully saturated rings. The molecule has 1 aromatic rings. The van der Waals surface area contributed by atoms with E-state index in [1.165, 1.54) is 0 Å². The van der Waals surface area contributed by atoms with Crippen LogP contribution in [0.3, 0.4) is 0 Å². The molecule has 18 heavy (non-hydrogen) atoms. The third-order valence-electron chi connectivity index (χ3n) is 2.59. The third-order valence-corrected chi connectivity index (χ3v) is 2.59. The van der Waals surface area contributed by atoms with Gasteiger partial charge < -0.3 is 11.1 Å². The van der Waals surface area contributed by atoms with Crippen LogP contribution in [0.25, 0.3) is 0 Å². The molecule has 0 saturated carbocycles. The maximum absolute atomic E-state index is 13.3. The minimum atomic E-state index is -1.61. The number of carbonyl (C=O) groups is 1. The predicted molar refractivity (Wildman–Crippen MR) is 62.4 cm³/mol. The van der Waals surface area contributed by atoms with Crippen molar-refractivity contribution in [1.82, 2.24) is 0 Å². The van der Waals surface area contributed by atoms with Crippen LogP contribution in [-0.4, -0.2) is 11.9 Å². The van der Waals surface area contributed by atoms with Crippen LogP contribution in [0.15, 0.2) is 12.1 Å². The predicted octanol–water partition coefficient (Wildman–Crippen LogP) is 2.42. The van der Waals surface area contributed by atoms with Crippen molar-refractivity contribution in [1.29, 1.82) is 0 Å². The Labute approximate surface area is 103 Å². The molecule has 0 bridgehead atoms. The first kappa shape index (κ1) is 14.5. The summed E-state index contributed by atoms with van der Waals surface area (Å²) in [4.78, 5) is 11.5. The van der Waals surface area contributed by atoms with Gasteiger partial charge in [-0.15, -0.1) is 0 Å². The maximum Gasteiger partial charge on any atom is 0.226 e. The van der Waals surface area contributed by atoms with Crippen LogP contribution in [0.5, 0.6) is 0 Å². The highest BCUT2D eigenvalue weighted by Crippen LogP contribution is 2.20. The SMILES string of the molecule is CC(C)C(N)CC(=O)Nc1ccc(F)c(F)c1F. The first-order chi connectivity index (χ1) is 8.32. The molecule has 1 amide bonds. The molecule has 0 radical (unpaired) electrons. The number of nitrogens with one attached hydrogen (secondary N) is 1. The van der Waals surface area contributed by atoms with Crippen molar-refractivity contribution >= 4 is 11.6 Å². The highest BCUT2D eigenvalue weighted by Gasteiger charge is 2.17. The van der Waals surface area contributed by atoms with E-state index in [2.05, 4.69) is 5.32 Å². The highest BCUT2D eigenvalue weighted by atomic mass is 19.2. The fraction of sp³-hybridized carbons (Fsp3) is 0.417. The quantitative estimate of drug-likeness (QED) is 0.817. The summed E-state index contributed by atoms with van der Waals surface area (Å²) in [7, 11) is 0. The maximum atomic E-state index is 13.3. The topological polar surface area (TPSA) is 55.1 Å². The molecule has 0 aliphatic carbocycles. The van der Waals surface area contributed by atoms with Gasteiger partial charge in [0.25, 0.3) is 0 Å². The van der Waals surface area contributed by atoms with Crippen LogP contribution in [0.1, 0.15) is 20.3 Å². The zero-order valence-corrected chi connectivity index (χ0v) is 10.1. The summed E-state index contributed by atoms with van der Waals surface area (Å²) in [5, 5.41) is 2.16. The molecule has 0 aliphatic heterocycles. The Morgan fingerprint density at radius 2 is 1.89 bits per heavy atom. The number of rotatable bonds is 4. The Balaban J connectivity index is 2.74. The molecule has 0 saturated heterocycles. The number of hydrogen-bond donors (Lipinski definition) is 2. The largest absolute Gasteiger partial charge is 0.327 e. The number of carbonyl (C=O) groups excluding carboxylic acids is 1. The fourth-order valence-electron chi connectivity index (χ4n) is 1.27. The molecule has 1 unspecified atom stereocenters. The van der Waals surface area contributed by atoms with Gasteiger partial charge in [0.1, 0.15) is 0 Å². The minimum absolute atomic E-state index is 0.0178. The highest BCUT2D eigenvalue weighted by molar-refractivity contribution is 5.91. The van der Waals surface area contributed by atoms with Gasteiger partial charge in [-0.05, 0) is 18.1 Å². The van der Waals surface area contributed by atoms with Crippen LogP contribution in [-0.2, 0) is 4.79 Å². The number of nitrogens with two attached hydrogens (primary N) is 1. The van der Waals surface area contributed by atoms with Crippen molar-refractivity contribution in [3.8, 4) is 0 Å². The molecule has 0 heterocycles. The Hall–Kier alpha value is -1.56. The van der Waals surface area contributed by atoms with Crippen LogP contribution >= 0.6 is 0 Å². The van der Waals surface area contributed by atoms with Crippen molar-refractivity contribution in [2.75, 3.05) is 5.32 Å². The molecule has 0 aromatic heterocycles. The fourth-order valence-corrected chi connectivity index (χ4v) is 1.27. The van der Waals surface area contributed by atoms with Gasteiger partial charge >= 0.3 is 0 Å². The Bertz CT molecular complexity index is 449. The van der Waals surface area contributed by atoms with Crippen LogP contribution in [0.4, 0.5) is 18.9 Å². The second kappa shape index (κ2) is 5.86. The molecule has 1 rings (SSSR count). The molecular weight excluding hydrogens is 245 g/mol. The molecule has 100 valence electrons. The first-order valence-corrected chi connectivity index (χ1v) is 5.51. The van der Waals surface area contributed by atoms with Gasteiger partial charge in [0.15, 0.2) is 17.5 Å². The average molecular weight is 260 g/mol. The monoisotopic (exact) mass is 260 g/mol. The summed E-state index contributed by atoms with van der Waals surface area (Å²) in [6.07, 6.45) is -0.0178. The zero-order chi connectivity index (χ0) is 13.9. The van der Waals surface area contributed by atoms with Gasteiger partial charge in [0.2, 0.25) is 5.91 Å². The van der Waals surface area contributed by atoms with E-state index in [-0.39, 0.29) is 18.4 Å². The van der Waals surface area contributed by atoms with Crippen molar-refractivity contribution in [2.45, 2.75) is 26.3 Å². The molecule has 1 atom stereocenters. The van der Waals surface area contributed by atoms with Gasteiger partial charge in [-0.1, -0.05) is 13.8 Å². The van der Waals surface area contributed by atoms with E-state index in [1.807, 2.05) is 13.8 Å². The standard InChI is InChI=1S/C12H15F3N2O/c1-6(2)8(16)5-10(18)17-9-4-3-7(13)11(14)12(9)15/h3-4,6,8H,5,16H2,1-2H3,(H,17,18). The van der Waals surface area contributed by atoms with Crippen LogP contribution in [0.2, 0.25) is 0 Å². The van der Waals surface area contributed by atoms with E-state index >= 15 is 0 Å². The Morgan fingerprint density at radius 1 is 1.28 bits per heavy atom. The summed E-state index contributed by atoms with van der Waals surface area (Å²) < 4.78 is 38.8. The van der Waals surface area contributed by atoms with E-state index in [0.29, 0.717) is 0 Å². The van der Waals surface area contributed by atoms with E-state index in [9.17, 15) is 18.0 Å². The molecule has 1 aromatic carbocycles. The molecule has 0 spiro atoms. The number of halogens is 3. The smallest absolute Gasteiger partial charge is 0.226 e. The lowest BCUT2D eigenvalue weighted by atomic mass is 10.0. The van der Waals surface area contributed by atoms with Gasteiger partial charge in [0, 0.05) is 12.5 Å². The Morgan fingerprint density at radius 3 is 2.44 bits per heavy atom. The van der Waals surface area contributed by atoms with Gasteiger partial charge in [-0.2, -0.15) is 0 Å². The van der Waals surface area contributed by atoms with Gasteiger partial charge in [0.05, 0.1) is 5.69 Å². The summed E-state index contributed by atoms with van der Waals surface area (Å²) in [5.41, 5.74) is 5.28. The van der Waals surface area contributed by atoms with Crippen molar-refractivity contribution < 1.29 is 18.0 Å². The lowest BCUT2D eigenvalue weighted by Gasteiger charge is -2.15. The number of amides is 1. The molecule has 3 N–H and O–H groups in total. The number of benzene rings is 1. The first-order valence-electron chi connectivity index (χ1n) is 5.51. The van der Waals surface area contributed by atoms with Gasteiger partial charge in [-0.3, -0.25) is 4.79 Å². The van der Waals surface area contributed by atoms with Crippen molar-refractivity contribution in [3.05, 3.63) is 29.6 Å². The number of anilines is 1. The molecule has 6 heteroatoms. The average Bonchev–Trinajstić information content (AvgIpc) is 2.29. The molecule has 3 nitrogen and oxygen atoms in total. The van der Waals surface area contributed by atoms with E-state index in [1.54, 1.807) is 0 Å². The summed E-state index contributed by atoms with van der Waals surface area (Å²) in [6.45, 7) is 3.69. The second-order valence-corrected chi connectivity index (χ2v) is 4.38. The van der Waals surface area contributed by atoms with Crippen LogP contribution < -0.4 is 11.1 Å². The van der Waals surface area contributed by atoms with Crippen molar-refractivity contribution in [2.24, 2.45) is 11.7 Å². The Kier molecular flexibility index (Phi) is 4.72. The van der Waals surface area contributed by atoms with Gasteiger partial charge in [-0.25, -0.2) is 13.2 Å².